The van der Waals surface area contributed by atoms with Crippen molar-refractivity contribution in [2.24, 2.45) is 0 Å². The smallest absolute Gasteiger partial charge is 0.213 e. The number of ether oxygens (including phenoxy) is 1. The van der Waals surface area contributed by atoms with Gasteiger partial charge in [0, 0.05) is 12.5 Å². The third-order valence-corrected chi connectivity index (χ3v) is 3.35. The van der Waals surface area contributed by atoms with Crippen LogP contribution in [-0.4, -0.2) is 21.6 Å². The molecule has 2 aromatic rings. The Hall–Kier alpha value is -1.75. The van der Waals surface area contributed by atoms with E-state index in [9.17, 15) is 0 Å². The second-order valence-corrected chi connectivity index (χ2v) is 5.09. The molecule has 0 bridgehead atoms. The number of H-pyrrole nitrogens is 1. The fourth-order valence-electron chi connectivity index (χ4n) is 1.93. The molecule has 0 aliphatic rings. The lowest BCUT2D eigenvalue weighted by molar-refractivity contribution is 0.327. The van der Waals surface area contributed by atoms with Crippen LogP contribution in [-0.2, 0) is 13.0 Å². The summed E-state index contributed by atoms with van der Waals surface area (Å²) in [5.41, 5.74) is 1.82. The van der Waals surface area contributed by atoms with Crippen molar-refractivity contribution in [2.75, 3.05) is 11.9 Å². The first-order valence-electron chi connectivity index (χ1n) is 7.29. The number of aromatic nitrogens is 3. The summed E-state index contributed by atoms with van der Waals surface area (Å²) in [6, 6.07) is 3.77. The highest BCUT2D eigenvalue weighted by Gasteiger charge is 2.07. The summed E-state index contributed by atoms with van der Waals surface area (Å²) in [5.74, 6) is 1.58. The number of halogens is 1. The number of aromatic amines is 1. The molecule has 0 unspecified atom stereocenters. The summed E-state index contributed by atoms with van der Waals surface area (Å²) in [5, 5.41) is 3.80. The Balaban J connectivity index is 1.91. The maximum Gasteiger partial charge on any atom is 0.213 e. The molecule has 6 heteroatoms. The molecule has 0 aliphatic carbocycles. The zero-order valence-electron chi connectivity index (χ0n) is 12.4. The zero-order chi connectivity index (χ0) is 15.1. The van der Waals surface area contributed by atoms with Crippen molar-refractivity contribution in [3.05, 3.63) is 35.0 Å². The van der Waals surface area contributed by atoms with Crippen molar-refractivity contribution in [1.82, 2.24) is 15.0 Å². The Bertz CT molecular complexity index is 553. The molecule has 0 aliphatic heterocycles. The molecule has 114 valence electrons. The first kappa shape index (κ1) is 15.6. The Kier molecular flexibility index (Phi) is 5.87. The number of unbranched alkanes of at least 4 members (excludes halogenated alkanes) is 1. The van der Waals surface area contributed by atoms with Crippen LogP contribution in [0.5, 0.6) is 5.88 Å². The Morgan fingerprint density at radius 2 is 2.19 bits per heavy atom. The highest BCUT2D eigenvalue weighted by molar-refractivity contribution is 6.30. The third kappa shape index (κ3) is 4.63. The minimum atomic E-state index is 0.535. The van der Waals surface area contributed by atoms with E-state index in [1.807, 2.05) is 19.1 Å². The van der Waals surface area contributed by atoms with Gasteiger partial charge in [0.1, 0.15) is 5.82 Å². The topological polar surface area (TPSA) is 62.8 Å². The third-order valence-electron chi connectivity index (χ3n) is 3.04. The lowest BCUT2D eigenvalue weighted by atomic mass is 10.2. The second kappa shape index (κ2) is 7.88. The number of nitrogens with one attached hydrogen (secondary N) is 2. The lowest BCUT2D eigenvalue weighted by Gasteiger charge is -2.06. The Morgan fingerprint density at radius 3 is 2.86 bits per heavy atom. The van der Waals surface area contributed by atoms with Crippen LogP contribution in [0.3, 0.4) is 0 Å². The molecule has 0 fully saturated rings. The molecule has 0 aromatic carbocycles. The van der Waals surface area contributed by atoms with Crippen LogP contribution in [0.2, 0.25) is 5.15 Å². The van der Waals surface area contributed by atoms with Gasteiger partial charge in [-0.25, -0.2) is 9.97 Å². The van der Waals surface area contributed by atoms with Crippen molar-refractivity contribution >= 4 is 17.3 Å². The molecular weight excluding hydrogens is 288 g/mol. The van der Waals surface area contributed by atoms with Crippen LogP contribution in [0.15, 0.2) is 18.3 Å². The van der Waals surface area contributed by atoms with Crippen molar-refractivity contribution in [3.8, 4) is 5.88 Å². The number of hydrogen-bond acceptors (Lipinski definition) is 4. The number of aryl methyl sites for hydroxylation is 1. The van der Waals surface area contributed by atoms with Crippen LogP contribution < -0.4 is 10.1 Å². The minimum Gasteiger partial charge on any atom is -0.478 e. The average Bonchev–Trinajstić information content (AvgIpc) is 2.85. The SMILES string of the molecule is CCCCc1nc(Cl)c(CNc2ccc(OCC)nc2)[nH]1. The van der Waals surface area contributed by atoms with Gasteiger partial charge in [0.15, 0.2) is 5.15 Å². The van der Waals surface area contributed by atoms with Gasteiger partial charge in [0.05, 0.1) is 30.7 Å². The lowest BCUT2D eigenvalue weighted by Crippen LogP contribution is -2.01. The second-order valence-electron chi connectivity index (χ2n) is 4.73. The zero-order valence-corrected chi connectivity index (χ0v) is 13.2. The summed E-state index contributed by atoms with van der Waals surface area (Å²) in [6.07, 6.45) is 4.93. The Morgan fingerprint density at radius 1 is 1.33 bits per heavy atom. The molecule has 0 radical (unpaired) electrons. The van der Waals surface area contributed by atoms with Crippen LogP contribution in [0, 0.1) is 0 Å². The van der Waals surface area contributed by atoms with Crippen LogP contribution in [0.25, 0.3) is 0 Å². The number of pyridine rings is 1. The van der Waals surface area contributed by atoms with E-state index < -0.39 is 0 Å². The van der Waals surface area contributed by atoms with E-state index in [2.05, 4.69) is 27.2 Å². The van der Waals surface area contributed by atoms with Crippen LogP contribution in [0.1, 0.15) is 38.2 Å². The monoisotopic (exact) mass is 308 g/mol. The van der Waals surface area contributed by atoms with Crippen LogP contribution in [0.4, 0.5) is 5.69 Å². The Labute approximate surface area is 130 Å². The highest BCUT2D eigenvalue weighted by atomic mass is 35.5. The molecule has 0 atom stereocenters. The maximum atomic E-state index is 6.14. The normalized spacial score (nSPS) is 10.6. The predicted octanol–water partition coefficient (Wildman–Crippen LogP) is 3.81. The summed E-state index contributed by atoms with van der Waals surface area (Å²) < 4.78 is 5.31. The van der Waals surface area contributed by atoms with Gasteiger partial charge in [0.2, 0.25) is 5.88 Å². The first-order valence-corrected chi connectivity index (χ1v) is 7.66. The molecule has 2 heterocycles. The molecule has 0 amide bonds. The van der Waals surface area contributed by atoms with E-state index in [0.717, 1.165) is 36.5 Å². The predicted molar refractivity (Wildman–Crippen MR) is 84.9 cm³/mol. The number of nitrogens with zero attached hydrogens (tertiary/aromatic N) is 2. The van der Waals surface area contributed by atoms with E-state index in [0.29, 0.717) is 24.2 Å². The van der Waals surface area contributed by atoms with Crippen molar-refractivity contribution in [3.63, 3.8) is 0 Å². The van der Waals surface area contributed by atoms with Gasteiger partial charge in [-0.3, -0.25) is 0 Å². The van der Waals surface area contributed by atoms with Gasteiger partial charge >= 0.3 is 0 Å². The minimum absolute atomic E-state index is 0.535. The molecule has 0 saturated carbocycles. The number of anilines is 1. The summed E-state index contributed by atoms with van der Waals surface area (Å²) in [6.45, 7) is 5.30. The van der Waals surface area contributed by atoms with Gasteiger partial charge in [0.25, 0.3) is 0 Å². The fourth-order valence-corrected chi connectivity index (χ4v) is 2.14. The molecule has 5 nitrogen and oxygen atoms in total. The molecule has 2 rings (SSSR count). The molecule has 2 aromatic heterocycles. The summed E-state index contributed by atoms with van der Waals surface area (Å²) >= 11 is 6.14. The van der Waals surface area contributed by atoms with Gasteiger partial charge in [-0.2, -0.15) is 0 Å². The van der Waals surface area contributed by atoms with Gasteiger partial charge in [-0.15, -0.1) is 0 Å². The van der Waals surface area contributed by atoms with Gasteiger partial charge in [-0.05, 0) is 19.4 Å². The van der Waals surface area contributed by atoms with E-state index in [4.69, 9.17) is 16.3 Å². The first-order chi connectivity index (χ1) is 10.2. The summed E-state index contributed by atoms with van der Waals surface area (Å²) in [4.78, 5) is 11.8. The van der Waals surface area contributed by atoms with E-state index in [1.165, 1.54) is 0 Å². The standard InChI is InChI=1S/C15H21ClN4O/c1-3-5-6-13-19-12(15(16)20-13)10-17-11-7-8-14(18-9-11)21-4-2/h7-9,17H,3-6,10H2,1-2H3,(H,19,20). The average molecular weight is 309 g/mol. The van der Waals surface area contributed by atoms with Gasteiger partial charge in [-0.1, -0.05) is 24.9 Å². The largest absolute Gasteiger partial charge is 0.478 e. The number of rotatable bonds is 8. The van der Waals surface area contributed by atoms with Crippen molar-refractivity contribution in [1.29, 1.82) is 0 Å². The van der Waals surface area contributed by atoms with E-state index in [-0.39, 0.29) is 0 Å². The number of imidazole rings is 1. The maximum absolute atomic E-state index is 6.14. The van der Waals surface area contributed by atoms with Crippen LogP contribution >= 0.6 is 11.6 Å². The fraction of sp³-hybridized carbons (Fsp3) is 0.467. The molecule has 0 spiro atoms. The van der Waals surface area contributed by atoms with E-state index in [1.54, 1.807) is 6.20 Å². The molecule has 21 heavy (non-hydrogen) atoms. The molecule has 2 N–H and O–H groups in total. The number of hydrogen-bond donors (Lipinski definition) is 2. The van der Waals surface area contributed by atoms with E-state index >= 15 is 0 Å². The van der Waals surface area contributed by atoms with Crippen molar-refractivity contribution in [2.45, 2.75) is 39.7 Å². The summed E-state index contributed by atoms with van der Waals surface area (Å²) in [7, 11) is 0. The quantitative estimate of drug-likeness (QED) is 0.778. The van der Waals surface area contributed by atoms with Gasteiger partial charge < -0.3 is 15.0 Å². The van der Waals surface area contributed by atoms with Crippen molar-refractivity contribution < 1.29 is 4.74 Å². The molecule has 0 saturated heterocycles. The molecular formula is C15H21ClN4O. The highest BCUT2D eigenvalue weighted by Crippen LogP contribution is 2.17.